The lowest BCUT2D eigenvalue weighted by Gasteiger charge is -2.34. The van der Waals surface area contributed by atoms with E-state index in [1.54, 1.807) is 23.6 Å². The fourth-order valence-electron chi connectivity index (χ4n) is 2.56. The fourth-order valence-corrected chi connectivity index (χ4v) is 3.36. The molecular formula is C18H26N2O2S. The Morgan fingerprint density at radius 1 is 1.00 bits per heavy atom. The minimum atomic E-state index is 0.0883. The van der Waals surface area contributed by atoms with Crippen LogP contribution in [0.4, 0.5) is 0 Å². The molecule has 23 heavy (non-hydrogen) atoms. The number of thioether (sulfide) groups is 1. The minimum absolute atomic E-state index is 0.0883. The van der Waals surface area contributed by atoms with E-state index in [1.165, 1.54) is 5.56 Å². The molecular weight excluding hydrogens is 308 g/mol. The van der Waals surface area contributed by atoms with Gasteiger partial charge in [0, 0.05) is 38.0 Å². The highest BCUT2D eigenvalue weighted by atomic mass is 32.2. The van der Waals surface area contributed by atoms with Crippen LogP contribution < -0.4 is 0 Å². The highest BCUT2D eigenvalue weighted by molar-refractivity contribution is 8.00. The first-order valence-electron chi connectivity index (χ1n) is 8.04. The van der Waals surface area contributed by atoms with Crippen LogP contribution in [0.5, 0.6) is 0 Å². The zero-order chi connectivity index (χ0) is 17.0. The first-order chi connectivity index (χ1) is 10.8. The second-order valence-corrected chi connectivity index (χ2v) is 8.00. The summed E-state index contributed by atoms with van der Waals surface area (Å²) >= 11 is 1.58. The van der Waals surface area contributed by atoms with Crippen molar-refractivity contribution in [3.05, 3.63) is 29.8 Å². The predicted octanol–water partition coefficient (Wildman–Crippen LogP) is 2.77. The largest absolute Gasteiger partial charge is 0.339 e. The second-order valence-electron chi connectivity index (χ2n) is 6.95. The van der Waals surface area contributed by atoms with Crippen molar-refractivity contribution in [1.82, 2.24) is 9.80 Å². The number of benzene rings is 1. The van der Waals surface area contributed by atoms with Crippen LogP contribution >= 0.6 is 11.8 Å². The summed E-state index contributed by atoms with van der Waals surface area (Å²) in [6, 6.07) is 8.45. The van der Waals surface area contributed by atoms with Gasteiger partial charge in [-0.3, -0.25) is 9.59 Å². The van der Waals surface area contributed by atoms with Gasteiger partial charge in [0.2, 0.25) is 11.8 Å². The van der Waals surface area contributed by atoms with Crippen molar-refractivity contribution in [3.8, 4) is 0 Å². The van der Waals surface area contributed by atoms with Crippen molar-refractivity contribution in [3.63, 3.8) is 0 Å². The molecule has 0 N–H and O–H groups in total. The van der Waals surface area contributed by atoms with Crippen molar-refractivity contribution in [2.24, 2.45) is 0 Å². The van der Waals surface area contributed by atoms with Gasteiger partial charge in [0.05, 0.1) is 5.75 Å². The third-order valence-electron chi connectivity index (χ3n) is 4.16. The van der Waals surface area contributed by atoms with Crippen molar-refractivity contribution in [1.29, 1.82) is 0 Å². The molecule has 0 unspecified atom stereocenters. The number of amides is 2. The lowest BCUT2D eigenvalue weighted by Crippen LogP contribution is -2.50. The van der Waals surface area contributed by atoms with Gasteiger partial charge in [-0.1, -0.05) is 32.9 Å². The van der Waals surface area contributed by atoms with Crippen LogP contribution in [-0.4, -0.2) is 53.5 Å². The van der Waals surface area contributed by atoms with E-state index in [0.29, 0.717) is 31.9 Å². The standard InChI is InChI=1S/C18H26N2O2S/c1-14(21)19-9-11-20(12-10-19)17(22)13-23-16-7-5-15(6-8-16)18(2,3)4/h5-8H,9-13H2,1-4H3. The summed E-state index contributed by atoms with van der Waals surface area (Å²) in [6.45, 7) is 10.7. The molecule has 4 nitrogen and oxygen atoms in total. The van der Waals surface area contributed by atoms with E-state index in [9.17, 15) is 9.59 Å². The second kappa shape index (κ2) is 7.39. The topological polar surface area (TPSA) is 40.6 Å². The average molecular weight is 334 g/mol. The van der Waals surface area contributed by atoms with Crippen LogP contribution in [0.3, 0.4) is 0 Å². The first-order valence-corrected chi connectivity index (χ1v) is 9.02. The summed E-state index contributed by atoms with van der Waals surface area (Å²) in [5.74, 6) is 0.693. The zero-order valence-electron chi connectivity index (χ0n) is 14.5. The van der Waals surface area contributed by atoms with Crippen LogP contribution in [0.1, 0.15) is 33.3 Å². The van der Waals surface area contributed by atoms with Crippen LogP contribution in [-0.2, 0) is 15.0 Å². The van der Waals surface area contributed by atoms with Gasteiger partial charge in [0.25, 0.3) is 0 Å². The molecule has 1 heterocycles. The third kappa shape index (κ3) is 4.99. The molecule has 1 aliphatic rings. The molecule has 2 rings (SSSR count). The lowest BCUT2D eigenvalue weighted by molar-refractivity contribution is -0.136. The van der Waals surface area contributed by atoms with Crippen LogP contribution in [0.15, 0.2) is 29.2 Å². The van der Waals surface area contributed by atoms with E-state index in [0.717, 1.165) is 4.90 Å². The van der Waals surface area contributed by atoms with Gasteiger partial charge in [0.15, 0.2) is 0 Å². The highest BCUT2D eigenvalue weighted by Crippen LogP contribution is 2.25. The van der Waals surface area contributed by atoms with Crippen molar-refractivity contribution < 1.29 is 9.59 Å². The minimum Gasteiger partial charge on any atom is -0.339 e. The molecule has 5 heteroatoms. The average Bonchev–Trinajstić information content (AvgIpc) is 2.52. The number of nitrogens with zero attached hydrogens (tertiary/aromatic N) is 2. The molecule has 1 aliphatic heterocycles. The van der Waals surface area contributed by atoms with Gasteiger partial charge < -0.3 is 9.80 Å². The molecule has 1 saturated heterocycles. The Labute approximate surface area is 143 Å². The van der Waals surface area contributed by atoms with Gasteiger partial charge in [0.1, 0.15) is 0 Å². The number of hydrogen-bond donors (Lipinski definition) is 0. The molecule has 2 amide bonds. The van der Waals surface area contributed by atoms with Crippen molar-refractivity contribution in [2.45, 2.75) is 38.0 Å². The molecule has 1 aromatic carbocycles. The Hall–Kier alpha value is -1.49. The summed E-state index contributed by atoms with van der Waals surface area (Å²) in [4.78, 5) is 28.3. The Morgan fingerprint density at radius 2 is 1.52 bits per heavy atom. The van der Waals surface area contributed by atoms with Crippen LogP contribution in [0, 0.1) is 0 Å². The van der Waals surface area contributed by atoms with E-state index in [2.05, 4.69) is 45.0 Å². The fraction of sp³-hybridized carbons (Fsp3) is 0.556. The summed E-state index contributed by atoms with van der Waals surface area (Å²) in [5.41, 5.74) is 1.45. The lowest BCUT2D eigenvalue weighted by atomic mass is 9.87. The Kier molecular flexibility index (Phi) is 5.74. The number of hydrogen-bond acceptors (Lipinski definition) is 3. The normalized spacial score (nSPS) is 15.7. The van der Waals surface area contributed by atoms with E-state index in [-0.39, 0.29) is 17.2 Å². The number of carbonyl (C=O) groups excluding carboxylic acids is 2. The van der Waals surface area contributed by atoms with Gasteiger partial charge in [-0.15, -0.1) is 11.8 Å². The molecule has 1 aromatic rings. The van der Waals surface area contributed by atoms with Gasteiger partial charge >= 0.3 is 0 Å². The van der Waals surface area contributed by atoms with Crippen molar-refractivity contribution in [2.75, 3.05) is 31.9 Å². The summed E-state index contributed by atoms with van der Waals surface area (Å²) in [6.07, 6.45) is 0. The number of piperazine rings is 1. The van der Waals surface area contributed by atoms with Crippen molar-refractivity contribution >= 4 is 23.6 Å². The first kappa shape index (κ1) is 17.9. The monoisotopic (exact) mass is 334 g/mol. The SMILES string of the molecule is CC(=O)N1CCN(C(=O)CSc2ccc(C(C)(C)C)cc2)CC1. The molecule has 0 saturated carbocycles. The van der Waals surface area contributed by atoms with Gasteiger partial charge in [-0.2, -0.15) is 0 Å². The molecule has 0 bridgehead atoms. The zero-order valence-corrected chi connectivity index (χ0v) is 15.3. The number of carbonyl (C=O) groups is 2. The summed E-state index contributed by atoms with van der Waals surface area (Å²) in [5, 5.41) is 0. The number of rotatable bonds is 3. The molecule has 1 fully saturated rings. The summed E-state index contributed by atoms with van der Waals surface area (Å²) in [7, 11) is 0. The van der Waals surface area contributed by atoms with E-state index in [1.807, 2.05) is 4.90 Å². The Morgan fingerprint density at radius 3 is 2.00 bits per heavy atom. The summed E-state index contributed by atoms with van der Waals surface area (Å²) < 4.78 is 0. The van der Waals surface area contributed by atoms with Crippen LogP contribution in [0.2, 0.25) is 0 Å². The van der Waals surface area contributed by atoms with E-state index >= 15 is 0 Å². The third-order valence-corrected chi connectivity index (χ3v) is 5.16. The Balaban J connectivity index is 1.82. The predicted molar refractivity (Wildman–Crippen MR) is 94.7 cm³/mol. The Bertz CT molecular complexity index is 555. The highest BCUT2D eigenvalue weighted by Gasteiger charge is 2.22. The van der Waals surface area contributed by atoms with Gasteiger partial charge in [-0.05, 0) is 23.1 Å². The molecule has 0 radical (unpaired) electrons. The molecule has 0 aromatic heterocycles. The van der Waals surface area contributed by atoms with E-state index < -0.39 is 0 Å². The molecule has 0 atom stereocenters. The quantitative estimate of drug-likeness (QED) is 0.798. The van der Waals surface area contributed by atoms with E-state index in [4.69, 9.17) is 0 Å². The molecule has 126 valence electrons. The maximum Gasteiger partial charge on any atom is 0.233 e. The molecule has 0 aliphatic carbocycles. The van der Waals surface area contributed by atoms with Gasteiger partial charge in [-0.25, -0.2) is 0 Å². The molecule has 0 spiro atoms. The maximum absolute atomic E-state index is 12.3. The van der Waals surface area contributed by atoms with Crippen LogP contribution in [0.25, 0.3) is 0 Å². The maximum atomic E-state index is 12.3. The smallest absolute Gasteiger partial charge is 0.233 e.